The Bertz CT molecular complexity index is 747. The summed E-state index contributed by atoms with van der Waals surface area (Å²) < 4.78 is 24.5. The summed E-state index contributed by atoms with van der Waals surface area (Å²) in [6.45, 7) is 1.01. The predicted octanol–water partition coefficient (Wildman–Crippen LogP) is 3.05. The van der Waals surface area contributed by atoms with Gasteiger partial charge in [-0.2, -0.15) is 0 Å². The maximum absolute atomic E-state index is 13.8. The number of likely N-dealkylation sites (N-methyl/N-ethyl adjacent to an activating group) is 1. The lowest BCUT2D eigenvalue weighted by atomic mass is 9.99. The highest BCUT2D eigenvalue weighted by Gasteiger charge is 2.23. The zero-order valence-corrected chi connectivity index (χ0v) is 13.8. The lowest BCUT2D eigenvalue weighted by Gasteiger charge is -2.29. The second-order valence-electron chi connectivity index (χ2n) is 5.94. The van der Waals surface area contributed by atoms with Crippen LogP contribution in [0.5, 0.6) is 5.75 Å². The monoisotopic (exact) mass is 329 g/mol. The minimum absolute atomic E-state index is 0.0584. The van der Waals surface area contributed by atoms with Crippen molar-refractivity contribution >= 4 is 5.91 Å². The molecule has 0 fully saturated rings. The SMILES string of the molecule is COc1ccc(C(=O)N(C)C[C@H]2Cc3ccccc3CO2)cc1F. The van der Waals surface area contributed by atoms with Gasteiger partial charge < -0.3 is 14.4 Å². The smallest absolute Gasteiger partial charge is 0.253 e. The van der Waals surface area contributed by atoms with Crippen LogP contribution in [0.25, 0.3) is 0 Å². The van der Waals surface area contributed by atoms with E-state index in [1.54, 1.807) is 18.0 Å². The van der Waals surface area contributed by atoms with E-state index in [2.05, 4.69) is 12.1 Å². The Balaban J connectivity index is 1.66. The number of carbonyl (C=O) groups is 1. The number of amides is 1. The van der Waals surface area contributed by atoms with E-state index < -0.39 is 5.82 Å². The second-order valence-corrected chi connectivity index (χ2v) is 5.94. The molecule has 24 heavy (non-hydrogen) atoms. The minimum atomic E-state index is -0.542. The van der Waals surface area contributed by atoms with Gasteiger partial charge in [0.1, 0.15) is 0 Å². The molecule has 1 aliphatic heterocycles. The summed E-state index contributed by atoms with van der Waals surface area (Å²) in [7, 11) is 3.10. The largest absolute Gasteiger partial charge is 0.494 e. The predicted molar refractivity (Wildman–Crippen MR) is 88.6 cm³/mol. The number of hydrogen-bond donors (Lipinski definition) is 0. The van der Waals surface area contributed by atoms with Gasteiger partial charge in [-0.15, -0.1) is 0 Å². The highest BCUT2D eigenvalue weighted by Crippen LogP contribution is 2.22. The summed E-state index contributed by atoms with van der Waals surface area (Å²) in [4.78, 5) is 14.0. The topological polar surface area (TPSA) is 38.8 Å². The number of carbonyl (C=O) groups excluding carboxylic acids is 1. The lowest BCUT2D eigenvalue weighted by Crippen LogP contribution is -2.38. The van der Waals surface area contributed by atoms with Crippen LogP contribution in [0.2, 0.25) is 0 Å². The van der Waals surface area contributed by atoms with Crippen LogP contribution in [0.3, 0.4) is 0 Å². The van der Waals surface area contributed by atoms with Crippen LogP contribution in [0.4, 0.5) is 4.39 Å². The summed E-state index contributed by atoms with van der Waals surface area (Å²) in [6, 6.07) is 12.4. The van der Waals surface area contributed by atoms with Crippen molar-refractivity contribution in [3.05, 3.63) is 65.0 Å². The molecule has 2 aromatic rings. The molecule has 1 atom stereocenters. The summed E-state index contributed by atoms with van der Waals surface area (Å²) in [5.74, 6) is -0.653. The van der Waals surface area contributed by atoms with Crippen molar-refractivity contribution in [2.45, 2.75) is 19.1 Å². The summed E-state index contributed by atoms with van der Waals surface area (Å²) >= 11 is 0. The van der Waals surface area contributed by atoms with E-state index in [9.17, 15) is 9.18 Å². The molecule has 0 unspecified atom stereocenters. The summed E-state index contributed by atoms with van der Waals surface area (Å²) in [5, 5.41) is 0. The first kappa shape index (κ1) is 16.5. The van der Waals surface area contributed by atoms with Gasteiger partial charge in [-0.05, 0) is 29.3 Å². The van der Waals surface area contributed by atoms with E-state index in [0.29, 0.717) is 18.7 Å². The first-order chi connectivity index (χ1) is 11.6. The molecule has 5 heteroatoms. The third-order valence-corrected chi connectivity index (χ3v) is 4.26. The fraction of sp³-hybridized carbons (Fsp3) is 0.316. The standard InChI is InChI=1S/C19H20FNO3/c1-21(19(22)14-7-8-18(23-2)17(20)10-14)11-16-9-13-5-3-4-6-15(13)12-24-16/h3-8,10,16H,9,11-12H2,1-2H3/t16-/m1/s1. The zero-order valence-electron chi connectivity index (χ0n) is 13.8. The molecule has 1 aliphatic rings. The van der Waals surface area contributed by atoms with Gasteiger partial charge in [0.2, 0.25) is 0 Å². The molecule has 0 bridgehead atoms. The third kappa shape index (κ3) is 3.41. The van der Waals surface area contributed by atoms with Crippen molar-refractivity contribution in [2.24, 2.45) is 0 Å². The van der Waals surface area contributed by atoms with E-state index in [1.807, 2.05) is 12.1 Å². The highest BCUT2D eigenvalue weighted by atomic mass is 19.1. The summed E-state index contributed by atoms with van der Waals surface area (Å²) in [5.41, 5.74) is 2.75. The van der Waals surface area contributed by atoms with Crippen LogP contribution in [-0.2, 0) is 17.8 Å². The average Bonchev–Trinajstić information content (AvgIpc) is 2.60. The Kier molecular flexibility index (Phi) is 4.81. The van der Waals surface area contributed by atoms with Gasteiger partial charge >= 0.3 is 0 Å². The fourth-order valence-corrected chi connectivity index (χ4v) is 2.93. The number of benzene rings is 2. The second kappa shape index (κ2) is 7.01. The van der Waals surface area contributed by atoms with Crippen molar-refractivity contribution in [1.82, 2.24) is 4.90 Å². The summed E-state index contributed by atoms with van der Waals surface area (Å²) in [6.07, 6.45) is 0.710. The number of fused-ring (bicyclic) bond motifs is 1. The van der Waals surface area contributed by atoms with Gasteiger partial charge in [-0.3, -0.25) is 4.79 Å². The van der Waals surface area contributed by atoms with E-state index >= 15 is 0 Å². The van der Waals surface area contributed by atoms with Crippen molar-refractivity contribution in [3.8, 4) is 5.75 Å². The molecule has 4 nitrogen and oxygen atoms in total. The Morgan fingerprint density at radius 3 is 2.75 bits per heavy atom. The minimum Gasteiger partial charge on any atom is -0.494 e. The number of methoxy groups -OCH3 is 1. The lowest BCUT2D eigenvalue weighted by molar-refractivity contribution is 0.00984. The number of nitrogens with zero attached hydrogens (tertiary/aromatic N) is 1. The normalized spacial score (nSPS) is 16.4. The van der Waals surface area contributed by atoms with Crippen molar-refractivity contribution < 1.29 is 18.7 Å². The molecule has 0 aliphatic carbocycles. The first-order valence-electron chi connectivity index (χ1n) is 7.86. The zero-order chi connectivity index (χ0) is 17.1. The van der Waals surface area contributed by atoms with Crippen molar-refractivity contribution in [1.29, 1.82) is 0 Å². The molecular weight excluding hydrogens is 309 g/mol. The van der Waals surface area contributed by atoms with Gasteiger partial charge in [0.25, 0.3) is 5.91 Å². The van der Waals surface area contributed by atoms with Gasteiger partial charge in [0.15, 0.2) is 11.6 Å². The van der Waals surface area contributed by atoms with Gasteiger partial charge in [0.05, 0.1) is 19.8 Å². The average molecular weight is 329 g/mol. The van der Waals surface area contributed by atoms with Crippen LogP contribution >= 0.6 is 0 Å². The van der Waals surface area contributed by atoms with E-state index in [-0.39, 0.29) is 17.8 Å². The molecule has 3 rings (SSSR count). The molecule has 0 radical (unpaired) electrons. The number of rotatable bonds is 4. The van der Waals surface area contributed by atoms with E-state index in [4.69, 9.17) is 9.47 Å². The maximum Gasteiger partial charge on any atom is 0.253 e. The van der Waals surface area contributed by atoms with Crippen molar-refractivity contribution in [3.63, 3.8) is 0 Å². The van der Waals surface area contributed by atoms with Gasteiger partial charge in [-0.1, -0.05) is 24.3 Å². The molecule has 0 spiro atoms. The fourth-order valence-electron chi connectivity index (χ4n) is 2.93. The van der Waals surface area contributed by atoms with E-state index in [0.717, 1.165) is 6.42 Å². The molecular formula is C19H20FNO3. The van der Waals surface area contributed by atoms with Gasteiger partial charge in [-0.25, -0.2) is 4.39 Å². The number of ether oxygens (including phenoxy) is 2. The van der Waals surface area contributed by atoms with Crippen LogP contribution in [0.15, 0.2) is 42.5 Å². The number of hydrogen-bond acceptors (Lipinski definition) is 3. The van der Waals surface area contributed by atoms with Crippen LogP contribution in [-0.4, -0.2) is 37.6 Å². The molecule has 0 N–H and O–H groups in total. The quantitative estimate of drug-likeness (QED) is 0.865. The molecule has 0 saturated heterocycles. The Morgan fingerprint density at radius 1 is 1.29 bits per heavy atom. The molecule has 1 amide bonds. The molecule has 0 saturated carbocycles. The molecule has 1 heterocycles. The Morgan fingerprint density at radius 2 is 2.04 bits per heavy atom. The Hall–Kier alpha value is -2.40. The van der Waals surface area contributed by atoms with Crippen molar-refractivity contribution in [2.75, 3.05) is 20.7 Å². The van der Waals surface area contributed by atoms with Crippen LogP contribution < -0.4 is 4.74 Å². The molecule has 2 aromatic carbocycles. The molecule has 0 aromatic heterocycles. The first-order valence-corrected chi connectivity index (χ1v) is 7.86. The molecule has 126 valence electrons. The maximum atomic E-state index is 13.8. The number of halogens is 1. The third-order valence-electron chi connectivity index (χ3n) is 4.26. The Labute approximate surface area is 140 Å². The van der Waals surface area contributed by atoms with Gasteiger partial charge in [0, 0.05) is 25.6 Å². The van der Waals surface area contributed by atoms with Crippen LogP contribution in [0, 0.1) is 5.82 Å². The van der Waals surface area contributed by atoms with E-state index in [1.165, 1.54) is 30.4 Å². The van der Waals surface area contributed by atoms with Crippen LogP contribution in [0.1, 0.15) is 21.5 Å². The highest BCUT2D eigenvalue weighted by molar-refractivity contribution is 5.94.